The number of anilines is 1. The van der Waals surface area contributed by atoms with Crippen LogP contribution in [0, 0.1) is 12.8 Å². The molecule has 1 aromatic carbocycles. The third-order valence-electron chi connectivity index (χ3n) is 7.19. The van der Waals surface area contributed by atoms with Crippen LogP contribution in [-0.2, 0) is 9.53 Å². The molecule has 0 radical (unpaired) electrons. The molecule has 0 aliphatic carbocycles. The number of nitrogens with one attached hydrogen (secondary N) is 1. The molecule has 3 aliphatic heterocycles. The molecular weight excluding hydrogens is 440 g/mol. The van der Waals surface area contributed by atoms with E-state index in [0.717, 1.165) is 56.0 Å². The fourth-order valence-corrected chi connectivity index (χ4v) is 5.20. The van der Waals surface area contributed by atoms with E-state index in [-0.39, 0.29) is 18.4 Å². The van der Waals surface area contributed by atoms with E-state index in [4.69, 9.17) is 16.3 Å². The van der Waals surface area contributed by atoms with Crippen molar-refractivity contribution in [3.8, 4) is 0 Å². The summed E-state index contributed by atoms with van der Waals surface area (Å²) in [6, 6.07) is 4.61. The molecule has 2 saturated heterocycles. The molecule has 1 atom stereocenters. The molecular formula is C25H33ClN4O3. The Labute approximate surface area is 200 Å². The first kappa shape index (κ1) is 23.9. The van der Waals surface area contributed by atoms with Gasteiger partial charge in [-0.2, -0.15) is 0 Å². The fourth-order valence-electron chi connectivity index (χ4n) is 4.98. The quantitative estimate of drug-likeness (QED) is 0.688. The van der Waals surface area contributed by atoms with Crippen molar-refractivity contribution in [2.24, 2.45) is 10.9 Å². The lowest BCUT2D eigenvalue weighted by Crippen LogP contribution is -2.54. The zero-order valence-corrected chi connectivity index (χ0v) is 20.6. The third kappa shape index (κ3) is 5.15. The van der Waals surface area contributed by atoms with Gasteiger partial charge in [0.25, 0.3) is 11.8 Å². The van der Waals surface area contributed by atoms with Crippen LogP contribution in [0.25, 0.3) is 0 Å². The Morgan fingerprint density at radius 1 is 1.24 bits per heavy atom. The summed E-state index contributed by atoms with van der Waals surface area (Å²) in [5.41, 5.74) is 4.02. The molecule has 1 unspecified atom stereocenters. The number of dihydropyridines is 1. The van der Waals surface area contributed by atoms with Crippen molar-refractivity contribution in [3.05, 3.63) is 39.9 Å². The van der Waals surface area contributed by atoms with Gasteiger partial charge in [0.2, 0.25) is 0 Å². The number of halogens is 1. The Balaban J connectivity index is 1.43. The van der Waals surface area contributed by atoms with Gasteiger partial charge in [-0.3, -0.25) is 14.5 Å². The number of hydrogen-bond acceptors (Lipinski definition) is 5. The molecule has 0 bridgehead atoms. The monoisotopic (exact) mass is 472 g/mol. The number of hydrogen-bond donors (Lipinski definition) is 1. The lowest BCUT2D eigenvalue weighted by molar-refractivity contribution is -0.120. The first-order valence-electron chi connectivity index (χ1n) is 11.6. The molecule has 7 nitrogen and oxygen atoms in total. The Kier molecular flexibility index (Phi) is 7.22. The van der Waals surface area contributed by atoms with Crippen LogP contribution in [0.3, 0.4) is 0 Å². The second-order valence-electron chi connectivity index (χ2n) is 9.41. The molecule has 8 heteroatoms. The van der Waals surface area contributed by atoms with Crippen molar-refractivity contribution in [1.82, 2.24) is 10.2 Å². The highest BCUT2D eigenvalue weighted by atomic mass is 35.5. The summed E-state index contributed by atoms with van der Waals surface area (Å²) in [7, 11) is 2.09. The minimum absolute atomic E-state index is 0.212. The number of aliphatic imine (C=N–C) groups is 1. The molecule has 2 fully saturated rings. The zero-order valence-electron chi connectivity index (χ0n) is 19.9. The first-order chi connectivity index (χ1) is 15.7. The van der Waals surface area contributed by atoms with Crippen LogP contribution >= 0.6 is 11.6 Å². The normalized spacial score (nSPS) is 22.5. The number of allylic oxidation sites excluding steroid dienone is 1. The summed E-state index contributed by atoms with van der Waals surface area (Å²) in [6.45, 7) is 9.68. The summed E-state index contributed by atoms with van der Waals surface area (Å²) in [5, 5.41) is 3.45. The van der Waals surface area contributed by atoms with E-state index in [9.17, 15) is 9.59 Å². The van der Waals surface area contributed by atoms with E-state index in [1.807, 2.05) is 26.0 Å². The predicted octanol–water partition coefficient (Wildman–Crippen LogP) is 3.24. The highest BCUT2D eigenvalue weighted by Crippen LogP contribution is 2.31. The summed E-state index contributed by atoms with van der Waals surface area (Å²) in [4.78, 5) is 34.2. The molecule has 33 heavy (non-hydrogen) atoms. The Bertz CT molecular complexity index is 994. The smallest absolute Gasteiger partial charge is 0.254 e. The van der Waals surface area contributed by atoms with Crippen LogP contribution in [0.2, 0.25) is 5.02 Å². The van der Waals surface area contributed by atoms with Gasteiger partial charge in [0, 0.05) is 54.7 Å². The number of carbonyl (C=O) groups is 2. The lowest BCUT2D eigenvalue weighted by atomic mass is 9.95. The van der Waals surface area contributed by atoms with Crippen LogP contribution in [0.1, 0.15) is 42.6 Å². The lowest BCUT2D eigenvalue weighted by Gasteiger charge is -2.44. The average Bonchev–Trinajstić information content (AvgIpc) is 2.73. The number of piperidine rings is 1. The van der Waals surface area contributed by atoms with Crippen molar-refractivity contribution in [2.45, 2.75) is 45.7 Å². The Hall–Kier alpha value is -2.22. The van der Waals surface area contributed by atoms with Crippen molar-refractivity contribution >= 4 is 34.8 Å². The fraction of sp³-hybridized carbons (Fsp3) is 0.560. The predicted molar refractivity (Wildman–Crippen MR) is 131 cm³/mol. The van der Waals surface area contributed by atoms with Gasteiger partial charge in [-0.15, -0.1) is 0 Å². The van der Waals surface area contributed by atoms with Crippen LogP contribution in [0.5, 0.6) is 0 Å². The van der Waals surface area contributed by atoms with E-state index < -0.39 is 5.92 Å². The van der Waals surface area contributed by atoms with Crippen LogP contribution in [-0.4, -0.2) is 74.4 Å². The molecule has 2 amide bonds. The number of amides is 2. The zero-order chi connectivity index (χ0) is 23.7. The van der Waals surface area contributed by atoms with Crippen molar-refractivity contribution in [3.63, 3.8) is 0 Å². The van der Waals surface area contributed by atoms with Gasteiger partial charge < -0.3 is 15.0 Å². The van der Waals surface area contributed by atoms with Crippen LogP contribution in [0.15, 0.2) is 28.8 Å². The molecule has 0 aromatic heterocycles. The molecule has 178 valence electrons. The first-order valence-corrected chi connectivity index (χ1v) is 12.0. The third-order valence-corrected chi connectivity index (χ3v) is 7.41. The molecule has 3 heterocycles. The molecule has 0 spiro atoms. The number of ether oxygens (including phenoxy) is 1. The Morgan fingerprint density at radius 3 is 2.55 bits per heavy atom. The van der Waals surface area contributed by atoms with E-state index in [0.29, 0.717) is 28.4 Å². The Morgan fingerprint density at radius 2 is 1.94 bits per heavy atom. The SMILES string of the molecule is CC1=CC(C)=NC(=O)C1CNC(=O)c1cc(Cl)cc(N(C)C2CCN(C3COC3)CC2)c1C. The molecule has 4 rings (SSSR count). The summed E-state index contributed by atoms with van der Waals surface area (Å²) < 4.78 is 5.34. The van der Waals surface area contributed by atoms with E-state index in [1.54, 1.807) is 13.0 Å². The number of rotatable bonds is 6. The van der Waals surface area contributed by atoms with Crippen molar-refractivity contribution < 1.29 is 14.3 Å². The van der Waals surface area contributed by atoms with Crippen LogP contribution < -0.4 is 10.2 Å². The van der Waals surface area contributed by atoms with Gasteiger partial charge in [0.05, 0.1) is 25.2 Å². The summed E-state index contributed by atoms with van der Waals surface area (Å²) in [6.07, 6.45) is 4.02. The minimum atomic E-state index is -0.425. The minimum Gasteiger partial charge on any atom is -0.378 e. The standard InChI is InChI=1S/C25H33ClN4O3/c1-15-9-16(2)28-25(32)22(15)12-27-24(31)21-10-18(26)11-23(17(21)3)29(4)19-5-7-30(8-6-19)20-13-33-14-20/h9-11,19-20,22H,5-8,12-14H2,1-4H3,(H,27,31). The summed E-state index contributed by atoms with van der Waals surface area (Å²) >= 11 is 6.44. The van der Waals surface area contributed by atoms with Gasteiger partial charge in [0.1, 0.15) is 0 Å². The van der Waals surface area contributed by atoms with E-state index in [1.165, 1.54) is 0 Å². The van der Waals surface area contributed by atoms with Gasteiger partial charge in [-0.05, 0) is 57.4 Å². The highest BCUT2D eigenvalue weighted by molar-refractivity contribution is 6.31. The molecule has 0 saturated carbocycles. The van der Waals surface area contributed by atoms with Crippen LogP contribution in [0.4, 0.5) is 5.69 Å². The largest absolute Gasteiger partial charge is 0.378 e. The van der Waals surface area contributed by atoms with E-state index >= 15 is 0 Å². The van der Waals surface area contributed by atoms with Gasteiger partial charge in [-0.1, -0.05) is 17.2 Å². The van der Waals surface area contributed by atoms with Crippen molar-refractivity contribution in [2.75, 3.05) is 44.8 Å². The number of likely N-dealkylation sites (tertiary alicyclic amines) is 1. The molecule has 3 aliphatic rings. The number of benzene rings is 1. The maximum absolute atomic E-state index is 13.1. The average molecular weight is 473 g/mol. The maximum atomic E-state index is 13.1. The van der Waals surface area contributed by atoms with E-state index in [2.05, 4.69) is 27.2 Å². The summed E-state index contributed by atoms with van der Waals surface area (Å²) in [5.74, 6) is -0.863. The second-order valence-corrected chi connectivity index (χ2v) is 9.85. The van der Waals surface area contributed by atoms with Crippen molar-refractivity contribution in [1.29, 1.82) is 0 Å². The molecule has 1 N–H and O–H groups in total. The second kappa shape index (κ2) is 9.95. The number of nitrogens with zero attached hydrogens (tertiary/aromatic N) is 3. The number of carbonyl (C=O) groups excluding carboxylic acids is 2. The van der Waals surface area contributed by atoms with Gasteiger partial charge in [-0.25, -0.2) is 4.99 Å². The maximum Gasteiger partial charge on any atom is 0.254 e. The highest BCUT2D eigenvalue weighted by Gasteiger charge is 2.31. The van der Waals surface area contributed by atoms with Gasteiger partial charge in [0.15, 0.2) is 0 Å². The van der Waals surface area contributed by atoms with Gasteiger partial charge >= 0.3 is 0 Å². The topological polar surface area (TPSA) is 74.2 Å². The molecule has 1 aromatic rings.